The Morgan fingerprint density at radius 3 is 0.844 bits per heavy atom. The number of benzene rings is 18. The van der Waals surface area contributed by atoms with Gasteiger partial charge >= 0.3 is 7.12 Å². The van der Waals surface area contributed by atoms with Gasteiger partial charge in [-0.05, 0) is 273 Å². The second-order valence-electron chi connectivity index (χ2n) is 37.2. The lowest BCUT2D eigenvalue weighted by Gasteiger charge is -2.32. The minimum atomic E-state index is -0.392. The molecule has 0 radical (unpaired) electrons. The molecule has 4 nitrogen and oxygen atoms in total. The molecule has 25 rings (SSSR count). The highest BCUT2D eigenvalue weighted by molar-refractivity contribution is 9.10. The molecular formula is C122H94BBrN2O2. The second-order valence-corrected chi connectivity index (χ2v) is 38.0. The monoisotopic (exact) mass is 1710 g/mol. The van der Waals surface area contributed by atoms with Crippen molar-refractivity contribution >= 4 is 62.6 Å². The van der Waals surface area contributed by atoms with E-state index in [1.54, 1.807) is 0 Å². The van der Waals surface area contributed by atoms with Gasteiger partial charge in [-0.1, -0.05) is 389 Å². The van der Waals surface area contributed by atoms with E-state index in [-0.39, 0.29) is 32.9 Å². The quantitative estimate of drug-likeness (QED) is 0.127. The molecule has 6 aliphatic carbocycles. The van der Waals surface area contributed by atoms with E-state index in [2.05, 4.69) is 506 Å². The first-order valence-electron chi connectivity index (χ1n) is 44.9. The van der Waals surface area contributed by atoms with E-state index < -0.39 is 7.12 Å². The predicted octanol–water partition coefficient (Wildman–Crippen LogP) is 31.4. The van der Waals surface area contributed by atoms with Crippen molar-refractivity contribution in [2.45, 2.75) is 88.3 Å². The van der Waals surface area contributed by atoms with Gasteiger partial charge in [-0.3, -0.25) is 0 Å². The third kappa shape index (κ3) is 12.0. The number of fused-ring (bicyclic) bond motifs is 26. The molecule has 6 heteroatoms. The van der Waals surface area contributed by atoms with Gasteiger partial charge in [0.05, 0.1) is 22.0 Å². The molecule has 18 aromatic carbocycles. The lowest BCUT2D eigenvalue weighted by molar-refractivity contribution is 0.00578. The van der Waals surface area contributed by atoms with E-state index in [1.165, 1.54) is 171 Å². The molecule has 0 amide bonds. The van der Waals surface area contributed by atoms with Crippen molar-refractivity contribution in [3.63, 3.8) is 0 Å². The number of nitrogens with zero attached hydrogens (tertiary/aromatic N) is 2. The van der Waals surface area contributed by atoms with Crippen LogP contribution in [0.15, 0.2) is 429 Å². The summed E-state index contributed by atoms with van der Waals surface area (Å²) in [4.78, 5) is 4.77. The van der Waals surface area contributed by atoms with Crippen molar-refractivity contribution in [2.24, 2.45) is 0 Å². The molecule has 1 saturated heterocycles. The minimum absolute atomic E-state index is 0.0780. The largest absolute Gasteiger partial charge is 0.494 e. The number of hydrogen-bond donors (Lipinski definition) is 0. The number of rotatable bonds is 10. The summed E-state index contributed by atoms with van der Waals surface area (Å²) in [6.45, 7) is 17.8. The van der Waals surface area contributed by atoms with E-state index in [1.807, 2.05) is 0 Å². The first-order chi connectivity index (χ1) is 62.4. The fourth-order valence-corrected chi connectivity index (χ4v) is 23.0. The van der Waals surface area contributed by atoms with Gasteiger partial charge in [0.1, 0.15) is 0 Å². The topological polar surface area (TPSA) is 24.9 Å². The van der Waals surface area contributed by atoms with Crippen LogP contribution in [0.3, 0.4) is 0 Å². The van der Waals surface area contributed by atoms with E-state index in [9.17, 15) is 0 Å². The molecule has 0 unspecified atom stereocenters. The van der Waals surface area contributed by atoms with Crippen LogP contribution in [0.2, 0.25) is 0 Å². The van der Waals surface area contributed by atoms with Gasteiger partial charge in [0.15, 0.2) is 0 Å². The third-order valence-electron chi connectivity index (χ3n) is 29.2. The van der Waals surface area contributed by atoms with Crippen LogP contribution in [0, 0.1) is 0 Å². The number of halogens is 1. The average molecular weight is 1710 g/mol. The fraction of sp³-hybridized carbons (Fsp3) is 0.115. The van der Waals surface area contributed by atoms with Crippen molar-refractivity contribution in [3.05, 3.63) is 496 Å². The lowest BCUT2D eigenvalue weighted by atomic mass is 9.70. The third-order valence-corrected chi connectivity index (χ3v) is 29.9. The Kier molecular flexibility index (Phi) is 18.5. The van der Waals surface area contributed by atoms with Gasteiger partial charge < -0.3 is 19.1 Å². The summed E-state index contributed by atoms with van der Waals surface area (Å²) in [5.41, 5.74) is 46.0. The molecule has 614 valence electrons. The van der Waals surface area contributed by atoms with Crippen LogP contribution in [0.4, 0.5) is 34.1 Å². The van der Waals surface area contributed by atoms with Gasteiger partial charge in [-0.15, -0.1) is 0 Å². The van der Waals surface area contributed by atoms with Crippen LogP contribution < -0.4 is 15.3 Å². The molecule has 1 heterocycles. The highest BCUT2D eigenvalue weighted by Gasteiger charge is 2.55. The maximum absolute atomic E-state index is 6.34. The van der Waals surface area contributed by atoms with Crippen molar-refractivity contribution in [1.29, 1.82) is 0 Å². The Balaban J connectivity index is 0.000000118. The van der Waals surface area contributed by atoms with Crippen molar-refractivity contribution in [2.75, 3.05) is 9.80 Å². The molecule has 0 N–H and O–H groups in total. The summed E-state index contributed by atoms with van der Waals surface area (Å²) < 4.78 is 13.9. The molecule has 1 aliphatic heterocycles. The predicted molar refractivity (Wildman–Crippen MR) is 536 cm³/mol. The zero-order chi connectivity index (χ0) is 86.6. The second kappa shape index (κ2) is 30.1. The zero-order valence-corrected chi connectivity index (χ0v) is 74.7. The van der Waals surface area contributed by atoms with Gasteiger partial charge in [-0.2, -0.15) is 0 Å². The summed E-state index contributed by atoms with van der Waals surface area (Å²) >= 11 is 3.83. The average Bonchev–Trinajstić information content (AvgIpc) is 1.51. The Labute approximate surface area is 760 Å². The fourth-order valence-electron chi connectivity index (χ4n) is 22.5. The van der Waals surface area contributed by atoms with E-state index in [0.717, 1.165) is 39.6 Å². The minimum Gasteiger partial charge on any atom is -0.399 e. The van der Waals surface area contributed by atoms with Gasteiger partial charge in [0.25, 0.3) is 0 Å². The summed E-state index contributed by atoms with van der Waals surface area (Å²) in [7, 11) is -0.392. The Morgan fingerprint density at radius 2 is 0.461 bits per heavy atom. The van der Waals surface area contributed by atoms with Crippen molar-refractivity contribution in [3.8, 4) is 100 Å². The van der Waals surface area contributed by atoms with E-state index in [4.69, 9.17) is 9.31 Å². The summed E-state index contributed by atoms with van der Waals surface area (Å²) in [5, 5.41) is 0. The standard InChI is InChI=1S/C58H41N.C39H38BNO2.C25H15Br/c1-57(2)50-22-10-6-17-45(50)48-36-35-43(37-55(48)57)59(41-31-27-39(28-32-41)38-15-4-3-5-16-38)42-33-29-40(30-34-42)44-21-14-26-54-56(44)49-20-9-13-25-53(49)58(54)51-23-11-7-18-46(51)47-19-8-12-24-52(47)58;1-37(2)35-15-11-10-14-33(35)34-25-24-32(26-36(34)37)41(30-20-16-28(17-21-30)27-12-8-7-9-13-27)31-22-18-29(19-23-31)40-42-38(3,4)39(5,6)43-40;26-23-15-7-14-22-24(23)18-10-3-6-13-21(18)25(22)19-11-4-1-8-16(19)17-9-2-5-12-20(17)25/h3-37H,1-2H3;7-26H,1-6H3;1-15H. The van der Waals surface area contributed by atoms with Crippen LogP contribution in [0.5, 0.6) is 0 Å². The molecule has 0 saturated carbocycles. The first kappa shape index (κ1) is 78.7. The molecule has 2 spiro atoms. The SMILES string of the molecule is Brc1cccc2c1-c1ccccc1C21c2ccccc2-c2ccccc21.CC1(C)c2ccccc2-c2ccc(N(c3ccc(-c4ccccc4)cc3)c3ccc(-c4cccc5c4-c4ccccc4C54c5ccccc5-c5ccccc54)cc3)cc21.CC1(C)c2ccccc2-c2ccc(N(c3ccc(B4OC(C)(C)C(C)(C)O4)cc3)c3ccc(-c4ccccc4)cc3)cc21. The molecule has 7 aliphatic rings. The van der Waals surface area contributed by atoms with Crippen molar-refractivity contribution in [1.82, 2.24) is 0 Å². The summed E-state index contributed by atoms with van der Waals surface area (Å²) in [6.07, 6.45) is 0. The Morgan fingerprint density at radius 1 is 0.203 bits per heavy atom. The first-order valence-corrected chi connectivity index (χ1v) is 45.7. The maximum atomic E-state index is 6.34. The van der Waals surface area contributed by atoms with Crippen LogP contribution in [-0.4, -0.2) is 18.3 Å². The smallest absolute Gasteiger partial charge is 0.399 e. The van der Waals surface area contributed by atoms with Crippen LogP contribution >= 0.6 is 15.9 Å². The molecule has 0 bridgehead atoms. The number of hydrogen-bond acceptors (Lipinski definition) is 4. The van der Waals surface area contributed by atoms with E-state index >= 15 is 0 Å². The Hall–Kier alpha value is -14.0. The molecular weight excluding hydrogens is 1620 g/mol. The maximum Gasteiger partial charge on any atom is 0.494 e. The highest BCUT2D eigenvalue weighted by atomic mass is 79.9. The zero-order valence-electron chi connectivity index (χ0n) is 73.1. The van der Waals surface area contributed by atoms with Crippen LogP contribution in [0.25, 0.3) is 100 Å². The van der Waals surface area contributed by atoms with Gasteiger partial charge in [-0.25, -0.2) is 0 Å². The Bertz CT molecular complexity index is 7350. The lowest BCUT2D eigenvalue weighted by Crippen LogP contribution is -2.41. The molecule has 18 aromatic rings. The summed E-state index contributed by atoms with van der Waals surface area (Å²) in [6, 6.07) is 156. The van der Waals surface area contributed by atoms with Crippen molar-refractivity contribution < 1.29 is 9.31 Å². The highest BCUT2D eigenvalue weighted by Crippen LogP contribution is 2.66. The summed E-state index contributed by atoms with van der Waals surface area (Å²) in [5.74, 6) is 0. The normalized spacial score (nSPS) is 15.4. The van der Waals surface area contributed by atoms with Crippen LogP contribution in [0.1, 0.15) is 122 Å². The van der Waals surface area contributed by atoms with Gasteiger partial charge in [0.2, 0.25) is 0 Å². The van der Waals surface area contributed by atoms with Gasteiger partial charge in [0, 0.05) is 55.0 Å². The number of anilines is 6. The molecule has 1 fully saturated rings. The molecule has 128 heavy (non-hydrogen) atoms. The molecule has 0 aromatic heterocycles. The molecule has 0 atom stereocenters. The van der Waals surface area contributed by atoms with Crippen LogP contribution in [-0.2, 0) is 31.0 Å². The van der Waals surface area contributed by atoms with E-state index in [0.29, 0.717) is 0 Å².